The van der Waals surface area contributed by atoms with Crippen molar-refractivity contribution in [1.82, 2.24) is 15.2 Å². The van der Waals surface area contributed by atoms with Gasteiger partial charge in [0.05, 0.1) is 21.5 Å². The number of carbonyl (C=O) groups is 2. The van der Waals surface area contributed by atoms with Gasteiger partial charge in [0.2, 0.25) is 5.91 Å². The molecule has 2 aromatic heterocycles. The van der Waals surface area contributed by atoms with Crippen LogP contribution < -0.4 is 16.4 Å². The number of nitrogens with one attached hydrogen (secondary N) is 3. The molecule has 4 rings (SSSR count). The molecule has 168 valence electrons. The van der Waals surface area contributed by atoms with Crippen LogP contribution in [-0.2, 0) is 4.79 Å². The Labute approximate surface area is 199 Å². The lowest BCUT2D eigenvalue weighted by Gasteiger charge is -2.17. The monoisotopic (exact) mass is 482 g/mol. The summed E-state index contributed by atoms with van der Waals surface area (Å²) < 4.78 is 0. The van der Waals surface area contributed by atoms with Gasteiger partial charge in [-0.25, -0.2) is 0 Å². The third-order valence-electron chi connectivity index (χ3n) is 5.12. The zero-order valence-electron chi connectivity index (χ0n) is 17.3. The SMILES string of the molecule is NCCC(C(=O)Nc1ccc2[nH]nc(NC(=O)c3ccncc3)c2c1)c1ccc(Cl)c(Cl)c1. The number of halogens is 2. The summed E-state index contributed by atoms with van der Waals surface area (Å²) >= 11 is 12.1. The van der Waals surface area contributed by atoms with Crippen molar-refractivity contribution in [2.45, 2.75) is 12.3 Å². The highest BCUT2D eigenvalue weighted by molar-refractivity contribution is 6.42. The number of hydrogen-bond donors (Lipinski definition) is 4. The van der Waals surface area contributed by atoms with Gasteiger partial charge in [-0.3, -0.25) is 19.7 Å². The maximum absolute atomic E-state index is 13.1. The molecule has 5 N–H and O–H groups in total. The highest BCUT2D eigenvalue weighted by atomic mass is 35.5. The topological polar surface area (TPSA) is 126 Å². The molecule has 8 nitrogen and oxygen atoms in total. The summed E-state index contributed by atoms with van der Waals surface area (Å²) in [5.74, 6) is -0.700. The molecule has 10 heteroatoms. The van der Waals surface area contributed by atoms with Gasteiger partial charge < -0.3 is 16.4 Å². The van der Waals surface area contributed by atoms with Gasteiger partial charge >= 0.3 is 0 Å². The number of amides is 2. The fraction of sp³-hybridized carbons (Fsp3) is 0.130. The van der Waals surface area contributed by atoms with E-state index in [9.17, 15) is 9.59 Å². The second-order valence-corrected chi connectivity index (χ2v) is 8.13. The third kappa shape index (κ3) is 5.14. The molecule has 0 aliphatic rings. The van der Waals surface area contributed by atoms with Gasteiger partial charge in [0.15, 0.2) is 5.82 Å². The zero-order chi connectivity index (χ0) is 23.4. The molecule has 0 fully saturated rings. The molecule has 0 saturated carbocycles. The molecule has 2 amide bonds. The molecule has 0 aliphatic heterocycles. The van der Waals surface area contributed by atoms with Crippen molar-refractivity contribution in [1.29, 1.82) is 0 Å². The number of fused-ring (bicyclic) bond motifs is 1. The van der Waals surface area contributed by atoms with Crippen molar-refractivity contribution >= 4 is 57.4 Å². The number of aromatic amines is 1. The van der Waals surface area contributed by atoms with Crippen molar-refractivity contribution < 1.29 is 9.59 Å². The number of benzene rings is 2. The summed E-state index contributed by atoms with van der Waals surface area (Å²) in [5, 5.41) is 14.2. The lowest BCUT2D eigenvalue weighted by molar-refractivity contribution is -0.117. The average Bonchev–Trinajstić information content (AvgIpc) is 3.21. The van der Waals surface area contributed by atoms with Gasteiger partial charge in [0.1, 0.15) is 0 Å². The second kappa shape index (κ2) is 9.99. The predicted octanol–water partition coefficient (Wildman–Crippen LogP) is 4.59. The number of pyridine rings is 1. The van der Waals surface area contributed by atoms with E-state index in [0.29, 0.717) is 51.0 Å². The van der Waals surface area contributed by atoms with E-state index in [4.69, 9.17) is 28.9 Å². The van der Waals surface area contributed by atoms with E-state index in [1.54, 1.807) is 48.5 Å². The quantitative estimate of drug-likeness (QED) is 0.306. The zero-order valence-corrected chi connectivity index (χ0v) is 18.8. The van der Waals surface area contributed by atoms with Crippen LogP contribution in [-0.4, -0.2) is 33.5 Å². The van der Waals surface area contributed by atoms with E-state index in [1.165, 1.54) is 12.4 Å². The molecule has 2 aromatic carbocycles. The van der Waals surface area contributed by atoms with E-state index < -0.39 is 5.92 Å². The molecule has 4 aromatic rings. The van der Waals surface area contributed by atoms with Crippen LogP contribution in [0, 0.1) is 0 Å². The number of aromatic nitrogens is 3. The van der Waals surface area contributed by atoms with Crippen molar-refractivity contribution in [2.24, 2.45) is 5.73 Å². The normalized spacial score (nSPS) is 11.8. The summed E-state index contributed by atoms with van der Waals surface area (Å²) in [6, 6.07) is 13.6. The van der Waals surface area contributed by atoms with Gasteiger partial charge in [-0.1, -0.05) is 29.3 Å². The van der Waals surface area contributed by atoms with Crippen LogP contribution in [0.2, 0.25) is 10.0 Å². The molecule has 1 unspecified atom stereocenters. The molecule has 0 radical (unpaired) electrons. The first kappa shape index (κ1) is 22.7. The Kier molecular flexibility index (Phi) is 6.88. The van der Waals surface area contributed by atoms with Crippen LogP contribution in [0.4, 0.5) is 11.5 Å². The Bertz CT molecular complexity index is 1310. The number of hydrogen-bond acceptors (Lipinski definition) is 5. The number of nitrogens with two attached hydrogens (primary N) is 1. The summed E-state index contributed by atoms with van der Waals surface area (Å²) in [6.45, 7) is 0.324. The number of anilines is 2. The second-order valence-electron chi connectivity index (χ2n) is 7.32. The maximum Gasteiger partial charge on any atom is 0.256 e. The number of rotatable bonds is 7. The van der Waals surface area contributed by atoms with Gasteiger partial charge in [-0.2, -0.15) is 5.10 Å². The Morgan fingerprint density at radius 3 is 2.52 bits per heavy atom. The fourth-order valence-corrected chi connectivity index (χ4v) is 3.75. The summed E-state index contributed by atoms with van der Waals surface area (Å²) in [6.07, 6.45) is 3.51. The Morgan fingerprint density at radius 1 is 1.00 bits per heavy atom. The van der Waals surface area contributed by atoms with Gasteiger partial charge in [0, 0.05) is 29.0 Å². The average molecular weight is 483 g/mol. The third-order valence-corrected chi connectivity index (χ3v) is 5.86. The minimum absolute atomic E-state index is 0.232. The van der Waals surface area contributed by atoms with Crippen molar-refractivity contribution in [3.8, 4) is 0 Å². The van der Waals surface area contributed by atoms with E-state index >= 15 is 0 Å². The highest BCUT2D eigenvalue weighted by Gasteiger charge is 2.21. The number of carbonyl (C=O) groups excluding carboxylic acids is 2. The first-order valence-corrected chi connectivity index (χ1v) is 10.9. The molecule has 1 atom stereocenters. The Balaban J connectivity index is 1.56. The van der Waals surface area contributed by atoms with Crippen LogP contribution in [0.5, 0.6) is 0 Å². The Hall–Kier alpha value is -3.46. The van der Waals surface area contributed by atoms with Crippen LogP contribution in [0.1, 0.15) is 28.3 Å². The maximum atomic E-state index is 13.1. The van der Waals surface area contributed by atoms with E-state index in [-0.39, 0.29) is 11.8 Å². The number of nitrogens with zero attached hydrogens (tertiary/aromatic N) is 2. The highest BCUT2D eigenvalue weighted by Crippen LogP contribution is 2.30. The summed E-state index contributed by atoms with van der Waals surface area (Å²) in [7, 11) is 0. The molecule has 0 spiro atoms. The minimum Gasteiger partial charge on any atom is -0.330 e. The lowest BCUT2D eigenvalue weighted by Crippen LogP contribution is -2.23. The van der Waals surface area contributed by atoms with E-state index in [0.717, 1.165) is 5.56 Å². The molecular formula is C23H20Cl2N6O2. The van der Waals surface area contributed by atoms with Gasteiger partial charge in [-0.15, -0.1) is 0 Å². The largest absolute Gasteiger partial charge is 0.330 e. The number of H-pyrrole nitrogens is 1. The summed E-state index contributed by atoms with van der Waals surface area (Å²) in [5.41, 5.74) is 8.19. The lowest BCUT2D eigenvalue weighted by atomic mass is 9.94. The van der Waals surface area contributed by atoms with E-state index in [1.807, 2.05) is 0 Å². The van der Waals surface area contributed by atoms with E-state index in [2.05, 4.69) is 25.8 Å². The van der Waals surface area contributed by atoms with Crippen LogP contribution in [0.15, 0.2) is 60.9 Å². The standard InChI is InChI=1S/C23H20Cl2N6O2/c24-18-3-1-14(11-19(18)25)16(5-8-26)23(33)28-15-2-4-20-17(12-15)21(31-30-20)29-22(32)13-6-9-27-10-7-13/h1-4,6-7,9-12,16H,5,8,26H2,(H,28,33)(H2,29,30,31,32). The smallest absolute Gasteiger partial charge is 0.256 e. The van der Waals surface area contributed by atoms with Crippen molar-refractivity contribution in [3.63, 3.8) is 0 Å². The van der Waals surface area contributed by atoms with Crippen molar-refractivity contribution in [2.75, 3.05) is 17.2 Å². The van der Waals surface area contributed by atoms with Crippen LogP contribution in [0.25, 0.3) is 10.9 Å². The molecule has 0 saturated heterocycles. The summed E-state index contributed by atoms with van der Waals surface area (Å²) in [4.78, 5) is 29.5. The minimum atomic E-state index is -0.504. The predicted molar refractivity (Wildman–Crippen MR) is 130 cm³/mol. The molecule has 2 heterocycles. The molecule has 0 aliphatic carbocycles. The fourth-order valence-electron chi connectivity index (χ4n) is 3.44. The van der Waals surface area contributed by atoms with Crippen molar-refractivity contribution in [3.05, 3.63) is 82.1 Å². The van der Waals surface area contributed by atoms with Gasteiger partial charge in [0.25, 0.3) is 5.91 Å². The van der Waals surface area contributed by atoms with Crippen LogP contribution >= 0.6 is 23.2 Å². The Morgan fingerprint density at radius 2 is 1.79 bits per heavy atom. The molecule has 0 bridgehead atoms. The van der Waals surface area contributed by atoms with Gasteiger partial charge in [-0.05, 0) is 61.0 Å². The molecular weight excluding hydrogens is 463 g/mol. The first-order chi connectivity index (χ1) is 16.0. The first-order valence-electron chi connectivity index (χ1n) is 10.1. The molecule has 33 heavy (non-hydrogen) atoms. The van der Waals surface area contributed by atoms with Crippen LogP contribution in [0.3, 0.4) is 0 Å².